The number of ether oxygens (including phenoxy) is 1. The van der Waals surface area contributed by atoms with Crippen LogP contribution < -0.4 is 10.1 Å². The summed E-state index contributed by atoms with van der Waals surface area (Å²) < 4.78 is 5.34. The lowest BCUT2D eigenvalue weighted by molar-refractivity contribution is 0.415. The van der Waals surface area contributed by atoms with Crippen molar-refractivity contribution in [1.82, 2.24) is 10.3 Å². The quantitative estimate of drug-likeness (QED) is 0.851. The van der Waals surface area contributed by atoms with E-state index in [1.807, 2.05) is 0 Å². The third kappa shape index (κ3) is 2.67. The van der Waals surface area contributed by atoms with Crippen LogP contribution in [0.15, 0.2) is 18.3 Å². The Bertz CT molecular complexity index is 529. The highest BCUT2D eigenvalue weighted by Gasteiger charge is 2.08. The van der Waals surface area contributed by atoms with E-state index in [4.69, 9.17) is 4.74 Å². The van der Waals surface area contributed by atoms with Crippen LogP contribution in [0.4, 0.5) is 0 Å². The van der Waals surface area contributed by atoms with Crippen LogP contribution in [0, 0.1) is 6.92 Å². The summed E-state index contributed by atoms with van der Waals surface area (Å²) in [5.41, 5.74) is 3.79. The fraction of sp³-hybridized carbons (Fsp3) is 0.467. The molecule has 2 N–H and O–H groups in total. The molecule has 0 atom stereocenters. The molecule has 2 aromatic rings. The summed E-state index contributed by atoms with van der Waals surface area (Å²) in [4.78, 5) is 3.36. The fourth-order valence-electron chi connectivity index (χ4n) is 2.26. The SMILES string of the molecule is COc1cc(C)c2[nH]cc(CCNC(C)C)c2c1. The third-order valence-electron chi connectivity index (χ3n) is 3.23. The van der Waals surface area contributed by atoms with Gasteiger partial charge in [-0.25, -0.2) is 0 Å². The zero-order chi connectivity index (χ0) is 13.1. The Balaban J connectivity index is 2.25. The van der Waals surface area contributed by atoms with E-state index in [9.17, 15) is 0 Å². The van der Waals surface area contributed by atoms with Gasteiger partial charge in [-0.05, 0) is 43.1 Å². The monoisotopic (exact) mass is 246 g/mol. The van der Waals surface area contributed by atoms with Crippen molar-refractivity contribution in [1.29, 1.82) is 0 Å². The van der Waals surface area contributed by atoms with Crippen LogP contribution in [-0.2, 0) is 6.42 Å². The molecule has 2 rings (SSSR count). The Hall–Kier alpha value is -1.48. The van der Waals surface area contributed by atoms with Crippen molar-refractivity contribution in [2.75, 3.05) is 13.7 Å². The molecule has 0 unspecified atom stereocenters. The molecule has 0 aliphatic rings. The number of aryl methyl sites for hydroxylation is 1. The van der Waals surface area contributed by atoms with E-state index in [1.54, 1.807) is 7.11 Å². The summed E-state index contributed by atoms with van der Waals surface area (Å²) in [5, 5.41) is 4.72. The number of aromatic nitrogens is 1. The van der Waals surface area contributed by atoms with E-state index in [2.05, 4.69) is 49.4 Å². The van der Waals surface area contributed by atoms with Gasteiger partial charge in [-0.3, -0.25) is 0 Å². The maximum Gasteiger partial charge on any atom is 0.119 e. The minimum Gasteiger partial charge on any atom is -0.497 e. The van der Waals surface area contributed by atoms with Crippen LogP contribution in [0.2, 0.25) is 0 Å². The Morgan fingerprint density at radius 1 is 1.33 bits per heavy atom. The lowest BCUT2D eigenvalue weighted by Gasteiger charge is -2.08. The molecule has 0 spiro atoms. The van der Waals surface area contributed by atoms with Gasteiger partial charge in [0.2, 0.25) is 0 Å². The van der Waals surface area contributed by atoms with E-state index in [0.717, 1.165) is 18.7 Å². The average molecular weight is 246 g/mol. The molecular formula is C15H22N2O. The van der Waals surface area contributed by atoms with Gasteiger partial charge in [-0.2, -0.15) is 0 Å². The second kappa shape index (κ2) is 5.44. The van der Waals surface area contributed by atoms with Crippen molar-refractivity contribution in [3.8, 4) is 5.75 Å². The minimum atomic E-state index is 0.534. The molecule has 0 saturated heterocycles. The predicted octanol–water partition coefficient (Wildman–Crippen LogP) is 3.03. The maximum atomic E-state index is 5.34. The van der Waals surface area contributed by atoms with Crippen molar-refractivity contribution < 1.29 is 4.74 Å². The van der Waals surface area contributed by atoms with Crippen LogP contribution >= 0.6 is 0 Å². The average Bonchev–Trinajstić information content (AvgIpc) is 2.72. The van der Waals surface area contributed by atoms with E-state index in [0.29, 0.717) is 6.04 Å². The number of nitrogens with one attached hydrogen (secondary N) is 2. The number of benzene rings is 1. The van der Waals surface area contributed by atoms with Crippen molar-refractivity contribution in [2.24, 2.45) is 0 Å². The number of hydrogen-bond donors (Lipinski definition) is 2. The number of rotatable bonds is 5. The molecular weight excluding hydrogens is 224 g/mol. The van der Waals surface area contributed by atoms with Gasteiger partial charge in [0, 0.05) is 23.1 Å². The van der Waals surface area contributed by atoms with Gasteiger partial charge >= 0.3 is 0 Å². The largest absolute Gasteiger partial charge is 0.497 e. The third-order valence-corrected chi connectivity index (χ3v) is 3.23. The highest BCUT2D eigenvalue weighted by atomic mass is 16.5. The summed E-state index contributed by atoms with van der Waals surface area (Å²) in [6.07, 6.45) is 3.14. The van der Waals surface area contributed by atoms with E-state index >= 15 is 0 Å². The summed E-state index contributed by atoms with van der Waals surface area (Å²) in [6, 6.07) is 4.71. The highest BCUT2D eigenvalue weighted by molar-refractivity contribution is 5.87. The molecule has 0 fully saturated rings. The fourth-order valence-corrected chi connectivity index (χ4v) is 2.26. The van der Waals surface area contributed by atoms with Crippen molar-refractivity contribution in [3.05, 3.63) is 29.5 Å². The van der Waals surface area contributed by atoms with Gasteiger partial charge in [-0.1, -0.05) is 13.8 Å². The number of fused-ring (bicyclic) bond motifs is 1. The molecule has 18 heavy (non-hydrogen) atoms. The molecule has 3 heteroatoms. The molecule has 98 valence electrons. The number of hydrogen-bond acceptors (Lipinski definition) is 2. The van der Waals surface area contributed by atoms with Gasteiger partial charge in [-0.15, -0.1) is 0 Å². The number of H-pyrrole nitrogens is 1. The molecule has 0 bridgehead atoms. The zero-order valence-electron chi connectivity index (χ0n) is 11.6. The van der Waals surface area contributed by atoms with Crippen LogP contribution in [0.1, 0.15) is 25.0 Å². The molecule has 1 heterocycles. The molecule has 0 amide bonds. The zero-order valence-corrected chi connectivity index (χ0v) is 11.6. The van der Waals surface area contributed by atoms with Gasteiger partial charge in [0.05, 0.1) is 7.11 Å². The van der Waals surface area contributed by atoms with Crippen LogP contribution in [0.25, 0.3) is 10.9 Å². The lowest BCUT2D eigenvalue weighted by Crippen LogP contribution is -2.24. The second-order valence-corrected chi connectivity index (χ2v) is 5.04. The van der Waals surface area contributed by atoms with Crippen LogP contribution in [0.5, 0.6) is 5.75 Å². The lowest BCUT2D eigenvalue weighted by atomic mass is 10.1. The standard InChI is InChI=1S/C15H22N2O/c1-10(2)16-6-5-12-9-17-15-11(3)7-13(18-4)8-14(12)15/h7-10,16-17H,5-6H2,1-4H3. The molecule has 0 aliphatic carbocycles. The van der Waals surface area contributed by atoms with Crippen LogP contribution in [0.3, 0.4) is 0 Å². The minimum absolute atomic E-state index is 0.534. The first-order valence-corrected chi connectivity index (χ1v) is 6.49. The van der Waals surface area contributed by atoms with E-state index in [-0.39, 0.29) is 0 Å². The number of methoxy groups -OCH3 is 1. The molecule has 0 aliphatic heterocycles. The Morgan fingerprint density at radius 3 is 2.78 bits per heavy atom. The summed E-state index contributed by atoms with van der Waals surface area (Å²) in [6.45, 7) is 7.45. The smallest absolute Gasteiger partial charge is 0.119 e. The summed E-state index contributed by atoms with van der Waals surface area (Å²) >= 11 is 0. The first-order valence-electron chi connectivity index (χ1n) is 6.49. The topological polar surface area (TPSA) is 37.0 Å². The summed E-state index contributed by atoms with van der Waals surface area (Å²) in [7, 11) is 1.72. The summed E-state index contributed by atoms with van der Waals surface area (Å²) in [5.74, 6) is 0.928. The van der Waals surface area contributed by atoms with Crippen molar-refractivity contribution in [3.63, 3.8) is 0 Å². The molecule has 0 radical (unpaired) electrons. The first-order chi connectivity index (χ1) is 8.61. The molecule has 1 aromatic carbocycles. The van der Waals surface area contributed by atoms with Gasteiger partial charge < -0.3 is 15.0 Å². The Morgan fingerprint density at radius 2 is 2.11 bits per heavy atom. The Kier molecular flexibility index (Phi) is 3.92. The van der Waals surface area contributed by atoms with Crippen molar-refractivity contribution in [2.45, 2.75) is 33.2 Å². The first kappa shape index (κ1) is 13.0. The molecule has 0 saturated carbocycles. The predicted molar refractivity (Wildman–Crippen MR) is 76.4 cm³/mol. The highest BCUT2D eigenvalue weighted by Crippen LogP contribution is 2.27. The van der Waals surface area contributed by atoms with E-state index < -0.39 is 0 Å². The van der Waals surface area contributed by atoms with Gasteiger partial charge in [0.1, 0.15) is 5.75 Å². The number of aromatic amines is 1. The second-order valence-electron chi connectivity index (χ2n) is 5.04. The van der Waals surface area contributed by atoms with Crippen LogP contribution in [-0.4, -0.2) is 24.7 Å². The normalized spacial score (nSPS) is 11.4. The molecule has 1 aromatic heterocycles. The van der Waals surface area contributed by atoms with E-state index in [1.165, 1.54) is 22.0 Å². The van der Waals surface area contributed by atoms with Gasteiger partial charge in [0.15, 0.2) is 0 Å². The molecule has 3 nitrogen and oxygen atoms in total. The van der Waals surface area contributed by atoms with Gasteiger partial charge in [0.25, 0.3) is 0 Å². The maximum absolute atomic E-state index is 5.34. The van der Waals surface area contributed by atoms with Crippen molar-refractivity contribution >= 4 is 10.9 Å². The Labute approximate surface area is 109 Å².